The highest BCUT2D eigenvalue weighted by atomic mass is 16.4. The van der Waals surface area contributed by atoms with Crippen molar-refractivity contribution in [2.24, 2.45) is 5.92 Å². The van der Waals surface area contributed by atoms with E-state index in [1.807, 2.05) is 30.3 Å². The molecule has 0 saturated carbocycles. The van der Waals surface area contributed by atoms with Gasteiger partial charge in [0.1, 0.15) is 6.33 Å². The Balaban J connectivity index is 1.90. The van der Waals surface area contributed by atoms with E-state index in [2.05, 4.69) is 9.97 Å². The highest BCUT2D eigenvalue weighted by Crippen LogP contribution is 2.24. The number of likely N-dealkylation sites (tertiary alicyclic amines) is 1. The Morgan fingerprint density at radius 3 is 2.74 bits per heavy atom. The predicted molar refractivity (Wildman–Crippen MR) is 83.7 cm³/mol. The average Bonchev–Trinajstić information content (AvgIpc) is 2.62. The van der Waals surface area contributed by atoms with Gasteiger partial charge in [0.2, 0.25) is 0 Å². The Hall–Kier alpha value is -2.76. The van der Waals surface area contributed by atoms with Gasteiger partial charge in [-0.15, -0.1) is 0 Å². The van der Waals surface area contributed by atoms with Gasteiger partial charge in [-0.25, -0.2) is 9.97 Å². The van der Waals surface area contributed by atoms with Crippen LogP contribution in [0.4, 0.5) is 0 Å². The summed E-state index contributed by atoms with van der Waals surface area (Å²) in [6.45, 7) is 0.795. The first-order valence-corrected chi connectivity index (χ1v) is 7.54. The summed E-state index contributed by atoms with van der Waals surface area (Å²) in [6, 6.07) is 9.43. The lowest BCUT2D eigenvalue weighted by Gasteiger charge is -2.31. The smallest absolute Gasteiger partial charge is 0.308 e. The number of carboxylic acid groups (broad SMARTS) is 1. The first-order valence-electron chi connectivity index (χ1n) is 7.54. The van der Waals surface area contributed by atoms with E-state index in [0.717, 1.165) is 5.56 Å². The molecule has 23 heavy (non-hydrogen) atoms. The molecule has 1 aromatic carbocycles. The molecule has 6 heteroatoms. The lowest BCUT2D eigenvalue weighted by molar-refractivity contribution is -0.143. The summed E-state index contributed by atoms with van der Waals surface area (Å²) >= 11 is 0. The number of aliphatic carboxylic acids is 1. The molecule has 1 aliphatic rings. The zero-order chi connectivity index (χ0) is 16.2. The van der Waals surface area contributed by atoms with Crippen molar-refractivity contribution < 1.29 is 14.7 Å². The third kappa shape index (κ3) is 3.21. The number of hydrogen-bond acceptors (Lipinski definition) is 4. The number of benzene rings is 1. The molecule has 1 fully saturated rings. The monoisotopic (exact) mass is 311 g/mol. The molecule has 1 amide bonds. The SMILES string of the molecule is O=C(O)C1CCCN(C(=O)c2cncnc2-c2ccccc2)C1. The molecule has 1 aliphatic heterocycles. The van der Waals surface area contributed by atoms with E-state index < -0.39 is 11.9 Å². The minimum atomic E-state index is -0.852. The lowest BCUT2D eigenvalue weighted by Crippen LogP contribution is -2.42. The molecule has 0 bridgehead atoms. The standard InChI is InChI=1S/C17H17N3O3/c21-16(20-8-4-7-13(10-20)17(22)23)14-9-18-11-19-15(14)12-5-2-1-3-6-12/h1-3,5-6,9,11,13H,4,7-8,10H2,(H,22,23). The average molecular weight is 311 g/mol. The predicted octanol–water partition coefficient (Wildman–Crippen LogP) is 2.08. The molecule has 118 valence electrons. The maximum Gasteiger partial charge on any atom is 0.308 e. The van der Waals surface area contributed by atoms with Gasteiger partial charge in [-0.2, -0.15) is 0 Å². The Kier molecular flexibility index (Phi) is 4.32. The maximum absolute atomic E-state index is 12.8. The quantitative estimate of drug-likeness (QED) is 0.938. The summed E-state index contributed by atoms with van der Waals surface area (Å²) in [5, 5.41) is 9.18. The molecular weight excluding hydrogens is 294 g/mol. The molecule has 1 unspecified atom stereocenters. The van der Waals surface area contributed by atoms with Gasteiger partial charge in [-0.1, -0.05) is 30.3 Å². The van der Waals surface area contributed by atoms with E-state index in [1.165, 1.54) is 12.5 Å². The summed E-state index contributed by atoms with van der Waals surface area (Å²) in [5.74, 6) is -1.57. The number of nitrogens with zero attached hydrogens (tertiary/aromatic N) is 3. The minimum Gasteiger partial charge on any atom is -0.481 e. The number of piperidine rings is 1. The Morgan fingerprint density at radius 1 is 1.22 bits per heavy atom. The van der Waals surface area contributed by atoms with Crippen LogP contribution in [0, 0.1) is 5.92 Å². The lowest BCUT2D eigenvalue weighted by atomic mass is 9.97. The van der Waals surface area contributed by atoms with Crippen molar-refractivity contribution in [3.05, 3.63) is 48.4 Å². The molecule has 0 spiro atoms. The summed E-state index contributed by atoms with van der Waals surface area (Å²) < 4.78 is 0. The van der Waals surface area contributed by atoms with E-state index in [0.29, 0.717) is 30.6 Å². The molecule has 0 aliphatic carbocycles. The van der Waals surface area contributed by atoms with Crippen molar-refractivity contribution in [2.45, 2.75) is 12.8 Å². The van der Waals surface area contributed by atoms with Crippen molar-refractivity contribution in [3.63, 3.8) is 0 Å². The third-order valence-electron chi connectivity index (χ3n) is 4.05. The normalized spacial score (nSPS) is 17.7. The van der Waals surface area contributed by atoms with Crippen LogP contribution in [0.25, 0.3) is 11.3 Å². The number of rotatable bonds is 3. The van der Waals surface area contributed by atoms with E-state index in [1.54, 1.807) is 4.90 Å². The van der Waals surface area contributed by atoms with Crippen LogP contribution < -0.4 is 0 Å². The van der Waals surface area contributed by atoms with Gasteiger partial charge in [-0.05, 0) is 12.8 Å². The summed E-state index contributed by atoms with van der Waals surface area (Å²) in [7, 11) is 0. The Bertz CT molecular complexity index is 718. The van der Waals surface area contributed by atoms with Gasteiger partial charge in [-0.3, -0.25) is 9.59 Å². The van der Waals surface area contributed by atoms with Crippen LogP contribution in [0.3, 0.4) is 0 Å². The highest BCUT2D eigenvalue weighted by Gasteiger charge is 2.30. The molecule has 1 N–H and O–H groups in total. The van der Waals surface area contributed by atoms with E-state index in [9.17, 15) is 14.7 Å². The van der Waals surface area contributed by atoms with Gasteiger partial charge < -0.3 is 10.0 Å². The number of aromatic nitrogens is 2. The van der Waals surface area contributed by atoms with Crippen LogP contribution in [0.15, 0.2) is 42.9 Å². The molecule has 2 aromatic rings. The van der Waals surface area contributed by atoms with Crippen molar-refractivity contribution in [2.75, 3.05) is 13.1 Å². The second-order valence-electron chi connectivity index (χ2n) is 5.58. The number of amides is 1. The van der Waals surface area contributed by atoms with Crippen molar-refractivity contribution >= 4 is 11.9 Å². The molecule has 6 nitrogen and oxygen atoms in total. The van der Waals surface area contributed by atoms with Crippen LogP contribution in [-0.2, 0) is 4.79 Å². The Labute approximate surface area is 133 Å². The van der Waals surface area contributed by atoms with Crippen molar-refractivity contribution in [1.82, 2.24) is 14.9 Å². The van der Waals surface area contributed by atoms with Gasteiger partial charge in [0.15, 0.2) is 0 Å². The minimum absolute atomic E-state index is 0.213. The van der Waals surface area contributed by atoms with Gasteiger partial charge in [0, 0.05) is 24.8 Å². The largest absolute Gasteiger partial charge is 0.481 e. The summed E-state index contributed by atoms with van der Waals surface area (Å²) in [4.78, 5) is 33.8. The van der Waals surface area contributed by atoms with Crippen LogP contribution in [-0.4, -0.2) is 44.9 Å². The summed E-state index contributed by atoms with van der Waals surface area (Å²) in [6.07, 6.45) is 4.21. The molecule has 1 atom stereocenters. The van der Waals surface area contributed by atoms with Crippen LogP contribution >= 0.6 is 0 Å². The van der Waals surface area contributed by atoms with Crippen molar-refractivity contribution in [1.29, 1.82) is 0 Å². The van der Waals surface area contributed by atoms with Crippen molar-refractivity contribution in [3.8, 4) is 11.3 Å². The number of carboxylic acids is 1. The zero-order valence-electron chi connectivity index (χ0n) is 12.6. The molecular formula is C17H17N3O3. The summed E-state index contributed by atoms with van der Waals surface area (Å²) in [5.41, 5.74) is 1.82. The van der Waals surface area contributed by atoms with Gasteiger partial charge >= 0.3 is 5.97 Å². The molecule has 1 saturated heterocycles. The molecule has 1 aromatic heterocycles. The second-order valence-corrected chi connectivity index (χ2v) is 5.58. The Morgan fingerprint density at radius 2 is 2.00 bits per heavy atom. The van der Waals surface area contributed by atoms with Crippen LogP contribution in [0.5, 0.6) is 0 Å². The van der Waals surface area contributed by atoms with Crippen LogP contribution in [0.2, 0.25) is 0 Å². The van der Waals surface area contributed by atoms with E-state index in [-0.39, 0.29) is 12.5 Å². The fourth-order valence-corrected chi connectivity index (χ4v) is 2.85. The third-order valence-corrected chi connectivity index (χ3v) is 4.05. The number of hydrogen-bond donors (Lipinski definition) is 1. The molecule has 2 heterocycles. The van der Waals surface area contributed by atoms with Gasteiger partial charge in [0.05, 0.1) is 17.2 Å². The number of carbonyl (C=O) groups excluding carboxylic acids is 1. The molecule has 0 radical (unpaired) electrons. The fraction of sp³-hybridized carbons (Fsp3) is 0.294. The fourth-order valence-electron chi connectivity index (χ4n) is 2.85. The zero-order valence-corrected chi connectivity index (χ0v) is 12.6. The highest BCUT2D eigenvalue weighted by molar-refractivity contribution is 5.99. The number of carbonyl (C=O) groups is 2. The van der Waals surface area contributed by atoms with Crippen LogP contribution in [0.1, 0.15) is 23.2 Å². The maximum atomic E-state index is 12.8. The van der Waals surface area contributed by atoms with Gasteiger partial charge in [0.25, 0.3) is 5.91 Å². The first kappa shape index (κ1) is 15.1. The van der Waals surface area contributed by atoms with E-state index >= 15 is 0 Å². The molecule has 3 rings (SSSR count). The topological polar surface area (TPSA) is 83.4 Å². The second kappa shape index (κ2) is 6.56. The first-order chi connectivity index (χ1) is 11.2. The van der Waals surface area contributed by atoms with E-state index in [4.69, 9.17) is 0 Å².